The Labute approximate surface area is 114 Å². The molecule has 1 fully saturated rings. The van der Waals surface area contributed by atoms with Crippen LogP contribution in [0.5, 0.6) is 0 Å². The smallest absolute Gasteiger partial charge is 0.257 e. The SMILES string of the molecule is O=S(=O)(NCC1CSCCS1)c1[nH]ncc1CO. The molecule has 1 aromatic rings. The summed E-state index contributed by atoms with van der Waals surface area (Å²) in [6.45, 7) is 0.0602. The van der Waals surface area contributed by atoms with Gasteiger partial charge >= 0.3 is 0 Å². The summed E-state index contributed by atoms with van der Waals surface area (Å²) in [5, 5.41) is 15.3. The molecule has 1 aromatic heterocycles. The summed E-state index contributed by atoms with van der Waals surface area (Å²) in [7, 11) is -3.61. The van der Waals surface area contributed by atoms with Crippen molar-refractivity contribution in [1.29, 1.82) is 0 Å². The van der Waals surface area contributed by atoms with Crippen LogP contribution in [0.3, 0.4) is 0 Å². The number of nitrogens with one attached hydrogen (secondary N) is 2. The molecule has 1 aliphatic heterocycles. The molecule has 0 aromatic carbocycles. The minimum atomic E-state index is -3.61. The summed E-state index contributed by atoms with van der Waals surface area (Å²) in [6.07, 6.45) is 1.32. The molecule has 1 atom stereocenters. The van der Waals surface area contributed by atoms with Crippen LogP contribution < -0.4 is 4.72 Å². The Morgan fingerprint density at radius 1 is 1.56 bits per heavy atom. The highest BCUT2D eigenvalue weighted by Gasteiger charge is 2.22. The molecule has 0 saturated carbocycles. The predicted molar refractivity (Wildman–Crippen MR) is 73.3 cm³/mol. The van der Waals surface area contributed by atoms with Crippen LogP contribution in [0, 0.1) is 0 Å². The van der Waals surface area contributed by atoms with Gasteiger partial charge < -0.3 is 5.11 Å². The molecule has 1 aliphatic rings. The van der Waals surface area contributed by atoms with E-state index < -0.39 is 10.0 Å². The Hall–Kier alpha value is -0.220. The average molecular weight is 309 g/mol. The fourth-order valence-corrected chi connectivity index (χ4v) is 5.49. The van der Waals surface area contributed by atoms with Crippen molar-refractivity contribution in [2.45, 2.75) is 16.9 Å². The van der Waals surface area contributed by atoms with Crippen molar-refractivity contribution in [1.82, 2.24) is 14.9 Å². The predicted octanol–water partition coefficient (Wildman–Crippen LogP) is 0.0289. The lowest BCUT2D eigenvalue weighted by Crippen LogP contribution is -2.34. The first-order valence-corrected chi connectivity index (χ1v) is 9.14. The second kappa shape index (κ2) is 6.29. The number of hydrogen-bond acceptors (Lipinski definition) is 6. The van der Waals surface area contributed by atoms with Gasteiger partial charge in [0.2, 0.25) is 0 Å². The third-order valence-electron chi connectivity index (χ3n) is 2.50. The molecular weight excluding hydrogens is 294 g/mol. The third-order valence-corrected chi connectivity index (χ3v) is 6.79. The summed E-state index contributed by atoms with van der Waals surface area (Å²) in [6, 6.07) is 0. The van der Waals surface area contributed by atoms with E-state index in [1.54, 1.807) is 11.8 Å². The fraction of sp³-hybridized carbons (Fsp3) is 0.667. The van der Waals surface area contributed by atoms with E-state index in [0.29, 0.717) is 11.8 Å². The highest BCUT2D eigenvalue weighted by atomic mass is 32.2. The molecule has 2 heterocycles. The number of nitrogens with zero attached hydrogens (tertiary/aromatic N) is 1. The van der Waals surface area contributed by atoms with Crippen molar-refractivity contribution in [3.63, 3.8) is 0 Å². The molecule has 1 saturated heterocycles. The topological polar surface area (TPSA) is 95.1 Å². The zero-order valence-corrected chi connectivity index (χ0v) is 12.1. The highest BCUT2D eigenvalue weighted by molar-refractivity contribution is 8.06. The first-order valence-electron chi connectivity index (χ1n) is 5.45. The highest BCUT2D eigenvalue weighted by Crippen LogP contribution is 2.23. The molecule has 18 heavy (non-hydrogen) atoms. The third kappa shape index (κ3) is 3.41. The molecule has 0 bridgehead atoms. The second-order valence-electron chi connectivity index (χ2n) is 3.80. The van der Waals surface area contributed by atoms with Crippen LogP contribution in [0.15, 0.2) is 11.2 Å². The van der Waals surface area contributed by atoms with Crippen LogP contribution in [0.2, 0.25) is 0 Å². The quantitative estimate of drug-likeness (QED) is 0.710. The Morgan fingerprint density at radius 3 is 3.06 bits per heavy atom. The van der Waals surface area contributed by atoms with Gasteiger partial charge in [-0.2, -0.15) is 28.6 Å². The molecule has 0 amide bonds. The lowest BCUT2D eigenvalue weighted by Gasteiger charge is -2.20. The van der Waals surface area contributed by atoms with Crippen LogP contribution in [0.1, 0.15) is 5.56 Å². The van der Waals surface area contributed by atoms with Gasteiger partial charge in [0.05, 0.1) is 12.8 Å². The zero-order chi connectivity index (χ0) is 13.0. The molecule has 1 unspecified atom stereocenters. The van der Waals surface area contributed by atoms with Gasteiger partial charge in [-0.25, -0.2) is 13.1 Å². The first kappa shape index (κ1) is 14.2. The summed E-state index contributed by atoms with van der Waals surface area (Å²) < 4.78 is 26.6. The maximum absolute atomic E-state index is 12.0. The summed E-state index contributed by atoms with van der Waals surface area (Å²) >= 11 is 3.63. The van der Waals surface area contributed by atoms with E-state index in [4.69, 9.17) is 5.11 Å². The number of hydrogen-bond donors (Lipinski definition) is 3. The van der Waals surface area contributed by atoms with E-state index in [-0.39, 0.29) is 17.2 Å². The number of sulfonamides is 1. The number of H-pyrrole nitrogens is 1. The van der Waals surface area contributed by atoms with E-state index >= 15 is 0 Å². The first-order chi connectivity index (χ1) is 8.63. The van der Waals surface area contributed by atoms with Crippen LogP contribution in [0.25, 0.3) is 0 Å². The minimum absolute atomic E-state index is 0.0431. The van der Waals surface area contributed by atoms with Gasteiger partial charge in [0.15, 0.2) is 5.03 Å². The lowest BCUT2D eigenvalue weighted by molar-refractivity contribution is 0.278. The number of aromatic amines is 1. The van der Waals surface area contributed by atoms with Gasteiger partial charge in [-0.3, -0.25) is 5.10 Å². The van der Waals surface area contributed by atoms with E-state index in [2.05, 4.69) is 14.9 Å². The van der Waals surface area contributed by atoms with Crippen LogP contribution in [-0.4, -0.2) is 52.8 Å². The minimum Gasteiger partial charge on any atom is -0.392 e. The Morgan fingerprint density at radius 2 is 2.39 bits per heavy atom. The second-order valence-corrected chi connectivity index (χ2v) is 8.06. The standard InChI is InChI=1S/C9H15N3O3S3/c13-5-7-3-10-12-9(7)18(14,15)11-4-8-6-16-1-2-17-8/h3,8,11,13H,1-2,4-6H2,(H,10,12). The van der Waals surface area contributed by atoms with Crippen LogP contribution in [0.4, 0.5) is 0 Å². The molecule has 0 aliphatic carbocycles. The Kier molecular flexibility index (Phi) is 4.96. The van der Waals surface area contributed by atoms with Gasteiger partial charge in [-0.05, 0) is 0 Å². The van der Waals surface area contributed by atoms with Crippen molar-refractivity contribution in [3.8, 4) is 0 Å². The largest absolute Gasteiger partial charge is 0.392 e. The fourth-order valence-electron chi connectivity index (χ4n) is 1.57. The molecule has 0 spiro atoms. The van der Waals surface area contributed by atoms with Crippen molar-refractivity contribution in [2.24, 2.45) is 0 Å². The molecular formula is C9H15N3O3S3. The van der Waals surface area contributed by atoms with Crippen molar-refractivity contribution >= 4 is 33.5 Å². The maximum atomic E-state index is 12.0. The molecule has 3 N–H and O–H groups in total. The lowest BCUT2D eigenvalue weighted by atomic mass is 10.4. The van der Waals surface area contributed by atoms with E-state index in [0.717, 1.165) is 17.3 Å². The summed E-state index contributed by atoms with van der Waals surface area (Å²) in [5.41, 5.74) is 0.285. The van der Waals surface area contributed by atoms with Gasteiger partial charge in [0.1, 0.15) is 0 Å². The van der Waals surface area contributed by atoms with E-state index in [1.807, 2.05) is 11.8 Å². The van der Waals surface area contributed by atoms with Gasteiger partial charge in [-0.1, -0.05) is 0 Å². The zero-order valence-electron chi connectivity index (χ0n) is 9.63. The summed E-state index contributed by atoms with van der Waals surface area (Å²) in [5.74, 6) is 3.15. The van der Waals surface area contributed by atoms with Gasteiger partial charge in [-0.15, -0.1) is 0 Å². The summed E-state index contributed by atoms with van der Waals surface area (Å²) in [4.78, 5) is 0. The maximum Gasteiger partial charge on any atom is 0.257 e. The molecule has 0 radical (unpaired) electrons. The van der Waals surface area contributed by atoms with E-state index in [1.165, 1.54) is 6.20 Å². The van der Waals surface area contributed by atoms with Gasteiger partial charge in [0, 0.05) is 34.6 Å². The molecule has 2 rings (SSSR count). The molecule has 102 valence electrons. The Bertz CT molecular complexity index is 482. The normalized spacial score (nSPS) is 21.1. The molecule has 9 heteroatoms. The number of aliphatic hydroxyl groups is 1. The number of aromatic nitrogens is 2. The number of thioether (sulfide) groups is 2. The average Bonchev–Trinajstić information content (AvgIpc) is 2.87. The number of aliphatic hydroxyl groups excluding tert-OH is 1. The number of rotatable bonds is 5. The van der Waals surface area contributed by atoms with Crippen molar-refractivity contribution in [2.75, 3.05) is 23.8 Å². The monoisotopic (exact) mass is 309 g/mol. The van der Waals surface area contributed by atoms with Crippen molar-refractivity contribution < 1.29 is 13.5 Å². The van der Waals surface area contributed by atoms with E-state index in [9.17, 15) is 8.42 Å². The van der Waals surface area contributed by atoms with Gasteiger partial charge in [0.25, 0.3) is 10.0 Å². The van der Waals surface area contributed by atoms with Crippen LogP contribution >= 0.6 is 23.5 Å². The molecule has 6 nitrogen and oxygen atoms in total. The van der Waals surface area contributed by atoms with Crippen LogP contribution in [-0.2, 0) is 16.6 Å². The Balaban J connectivity index is 1.99. The van der Waals surface area contributed by atoms with Crippen molar-refractivity contribution in [3.05, 3.63) is 11.8 Å².